The van der Waals surface area contributed by atoms with Gasteiger partial charge in [-0.1, -0.05) is 18.2 Å². The molecule has 0 aliphatic carbocycles. The first kappa shape index (κ1) is 16.3. The van der Waals surface area contributed by atoms with Gasteiger partial charge in [0, 0.05) is 11.1 Å². The molecule has 132 valence electrons. The minimum atomic E-state index is -4.52. The predicted molar refractivity (Wildman–Crippen MR) is 84.3 cm³/mol. The first-order chi connectivity index (χ1) is 12.2. The molecule has 0 saturated heterocycles. The molecule has 2 amide bonds. The Labute approximate surface area is 144 Å². The molecule has 2 aliphatic heterocycles. The van der Waals surface area contributed by atoms with Crippen molar-refractivity contribution in [3.05, 3.63) is 65.2 Å². The number of anilines is 1. The van der Waals surface area contributed by atoms with Gasteiger partial charge in [0.05, 0.1) is 11.3 Å². The molecule has 2 aromatic carbocycles. The number of halogens is 3. The van der Waals surface area contributed by atoms with Crippen LogP contribution in [0.5, 0.6) is 0 Å². The van der Waals surface area contributed by atoms with Crippen LogP contribution >= 0.6 is 0 Å². The number of rotatable bonds is 1. The van der Waals surface area contributed by atoms with E-state index in [9.17, 15) is 27.9 Å². The van der Waals surface area contributed by atoms with E-state index in [2.05, 4.69) is 10.4 Å². The summed E-state index contributed by atoms with van der Waals surface area (Å²) in [5, 5.41) is 17.7. The monoisotopic (exact) mass is 361 g/mol. The molecule has 2 aliphatic rings. The highest BCUT2D eigenvalue weighted by Crippen LogP contribution is 2.34. The number of aliphatic hydroxyl groups is 1. The van der Waals surface area contributed by atoms with Gasteiger partial charge in [-0.25, -0.2) is 0 Å². The maximum Gasteiger partial charge on any atom is 0.416 e. The van der Waals surface area contributed by atoms with Gasteiger partial charge >= 0.3 is 12.1 Å². The Morgan fingerprint density at radius 3 is 2.23 bits per heavy atom. The van der Waals surface area contributed by atoms with Crippen LogP contribution in [0.3, 0.4) is 0 Å². The number of alkyl halides is 3. The van der Waals surface area contributed by atoms with Crippen molar-refractivity contribution in [1.82, 2.24) is 5.32 Å². The van der Waals surface area contributed by atoms with E-state index >= 15 is 0 Å². The number of hydrogen-bond acceptors (Lipinski definition) is 4. The molecule has 26 heavy (non-hydrogen) atoms. The average molecular weight is 361 g/mol. The minimum Gasteiger partial charge on any atom is -0.358 e. The maximum atomic E-state index is 12.7. The van der Waals surface area contributed by atoms with Crippen molar-refractivity contribution in [2.24, 2.45) is 5.10 Å². The van der Waals surface area contributed by atoms with E-state index in [1.54, 1.807) is 12.1 Å². The van der Waals surface area contributed by atoms with Crippen molar-refractivity contribution in [2.75, 3.05) is 5.01 Å². The molecule has 9 heteroatoms. The molecule has 1 unspecified atom stereocenters. The summed E-state index contributed by atoms with van der Waals surface area (Å²) >= 11 is 0. The van der Waals surface area contributed by atoms with Crippen LogP contribution in [0.25, 0.3) is 0 Å². The Hall–Kier alpha value is -3.20. The first-order valence-electron chi connectivity index (χ1n) is 7.47. The third-order valence-electron chi connectivity index (χ3n) is 4.21. The molecule has 2 aromatic rings. The zero-order chi connectivity index (χ0) is 18.7. The number of amides is 2. The zero-order valence-electron chi connectivity index (χ0n) is 12.9. The Balaban J connectivity index is 1.79. The highest BCUT2D eigenvalue weighted by molar-refractivity contribution is 6.32. The maximum absolute atomic E-state index is 12.7. The number of hydrazone groups is 1. The molecule has 0 bridgehead atoms. The van der Waals surface area contributed by atoms with Crippen molar-refractivity contribution in [3.8, 4) is 0 Å². The molecule has 0 radical (unpaired) electrons. The lowest BCUT2D eigenvalue weighted by molar-refractivity contribution is -0.137. The zero-order valence-corrected chi connectivity index (χ0v) is 12.9. The van der Waals surface area contributed by atoms with Crippen molar-refractivity contribution in [2.45, 2.75) is 11.9 Å². The molecule has 1 atom stereocenters. The fraction of sp³-hybridized carbons (Fsp3) is 0.118. The fourth-order valence-corrected chi connectivity index (χ4v) is 2.92. The second kappa shape index (κ2) is 5.15. The van der Waals surface area contributed by atoms with Crippen LogP contribution in [0, 0.1) is 0 Å². The van der Waals surface area contributed by atoms with Gasteiger partial charge < -0.3 is 10.4 Å². The lowest BCUT2D eigenvalue weighted by Crippen LogP contribution is -2.62. The van der Waals surface area contributed by atoms with E-state index < -0.39 is 29.3 Å². The number of nitrogens with zero attached hydrogens (tertiary/aromatic N) is 2. The van der Waals surface area contributed by atoms with Gasteiger partial charge in [-0.2, -0.15) is 23.3 Å². The molecule has 2 heterocycles. The number of hydrogen-bond donors (Lipinski definition) is 2. The van der Waals surface area contributed by atoms with E-state index in [1.807, 2.05) is 0 Å². The topological polar surface area (TPSA) is 82.0 Å². The molecule has 6 nitrogen and oxygen atoms in total. The number of benzene rings is 2. The van der Waals surface area contributed by atoms with Crippen LogP contribution < -0.4 is 10.3 Å². The third kappa shape index (κ3) is 2.21. The van der Waals surface area contributed by atoms with Crippen LogP contribution in [-0.2, 0) is 11.0 Å². The lowest BCUT2D eigenvalue weighted by Gasteiger charge is -2.29. The molecule has 0 fully saturated rings. The van der Waals surface area contributed by atoms with E-state index in [-0.39, 0.29) is 22.5 Å². The number of fused-ring (bicyclic) bond motifs is 3. The lowest BCUT2D eigenvalue weighted by atomic mass is 9.91. The summed E-state index contributed by atoms with van der Waals surface area (Å²) < 4.78 is 38.1. The summed E-state index contributed by atoms with van der Waals surface area (Å²) in [5.74, 6) is -1.63. The second-order valence-electron chi connectivity index (χ2n) is 5.82. The van der Waals surface area contributed by atoms with Crippen molar-refractivity contribution in [3.63, 3.8) is 0 Å². The fourth-order valence-electron chi connectivity index (χ4n) is 2.92. The standard InChI is InChI=1S/C17H10F3N3O3/c18-17(19,20)9-5-7-10(8-6-9)23-15(25)16(26)13(22-23)11-3-1-2-4-12(11)14(24)21-16/h1-8,26H,(H,21,24). The van der Waals surface area contributed by atoms with Crippen LogP contribution in [0.4, 0.5) is 18.9 Å². The van der Waals surface area contributed by atoms with Crippen LogP contribution in [0.2, 0.25) is 0 Å². The molecule has 0 saturated carbocycles. The highest BCUT2D eigenvalue weighted by Gasteiger charge is 2.55. The minimum absolute atomic E-state index is 0.0325. The molecule has 0 spiro atoms. The number of nitrogens with one attached hydrogen (secondary N) is 1. The number of carbonyl (C=O) groups is 2. The van der Waals surface area contributed by atoms with Gasteiger partial charge in [-0.3, -0.25) is 9.59 Å². The quantitative estimate of drug-likeness (QED) is 0.814. The summed E-state index contributed by atoms with van der Waals surface area (Å²) in [6.07, 6.45) is -4.52. The molecular weight excluding hydrogens is 351 g/mol. The van der Waals surface area contributed by atoms with Crippen molar-refractivity contribution < 1.29 is 27.9 Å². The Morgan fingerprint density at radius 1 is 1.00 bits per heavy atom. The molecule has 4 rings (SSSR count). The Bertz CT molecular complexity index is 969. The summed E-state index contributed by atoms with van der Waals surface area (Å²) in [6, 6.07) is 10.0. The molecular formula is C17H10F3N3O3. The summed E-state index contributed by atoms with van der Waals surface area (Å²) in [4.78, 5) is 24.8. The third-order valence-corrected chi connectivity index (χ3v) is 4.21. The van der Waals surface area contributed by atoms with E-state index in [4.69, 9.17) is 0 Å². The predicted octanol–water partition coefficient (Wildman–Crippen LogP) is 1.89. The average Bonchev–Trinajstić information content (AvgIpc) is 2.86. The largest absolute Gasteiger partial charge is 0.416 e. The van der Waals surface area contributed by atoms with E-state index in [0.717, 1.165) is 29.3 Å². The van der Waals surface area contributed by atoms with Gasteiger partial charge in [-0.05, 0) is 30.3 Å². The number of carbonyl (C=O) groups excluding carboxylic acids is 2. The highest BCUT2D eigenvalue weighted by atomic mass is 19.4. The molecule has 2 N–H and O–H groups in total. The van der Waals surface area contributed by atoms with E-state index in [1.165, 1.54) is 12.1 Å². The van der Waals surface area contributed by atoms with Gasteiger partial charge in [0.1, 0.15) is 5.71 Å². The van der Waals surface area contributed by atoms with E-state index in [0.29, 0.717) is 0 Å². The normalized spacial score (nSPS) is 21.8. The SMILES string of the molecule is O=C1NC2(O)C(=O)N(c3ccc(C(F)(F)F)cc3)N=C2c2ccccc21. The van der Waals surface area contributed by atoms with Gasteiger partial charge in [0.25, 0.3) is 11.6 Å². The van der Waals surface area contributed by atoms with Crippen LogP contribution in [-0.4, -0.2) is 28.4 Å². The Kier molecular flexibility index (Phi) is 3.22. The summed E-state index contributed by atoms with van der Waals surface area (Å²) in [6.45, 7) is 0. The van der Waals surface area contributed by atoms with Crippen LogP contribution in [0.1, 0.15) is 21.5 Å². The Morgan fingerprint density at radius 2 is 1.62 bits per heavy atom. The summed E-state index contributed by atoms with van der Waals surface area (Å²) in [7, 11) is 0. The summed E-state index contributed by atoms with van der Waals surface area (Å²) in [5.41, 5.74) is -2.79. The van der Waals surface area contributed by atoms with Gasteiger partial charge in [0.15, 0.2) is 0 Å². The molecule has 0 aromatic heterocycles. The van der Waals surface area contributed by atoms with Crippen LogP contribution in [0.15, 0.2) is 53.6 Å². The smallest absolute Gasteiger partial charge is 0.358 e. The second-order valence-corrected chi connectivity index (χ2v) is 5.82. The van der Waals surface area contributed by atoms with Crippen molar-refractivity contribution in [1.29, 1.82) is 0 Å². The van der Waals surface area contributed by atoms with Gasteiger partial charge in [0.2, 0.25) is 0 Å². The first-order valence-corrected chi connectivity index (χ1v) is 7.47. The van der Waals surface area contributed by atoms with Crippen molar-refractivity contribution >= 4 is 23.2 Å². The van der Waals surface area contributed by atoms with Gasteiger partial charge in [-0.15, -0.1) is 0 Å².